The summed E-state index contributed by atoms with van der Waals surface area (Å²) in [5.41, 5.74) is 8.15. The number of fused-ring (bicyclic) bond motifs is 3. The zero-order valence-corrected chi connectivity index (χ0v) is 8.20. The van der Waals surface area contributed by atoms with Crippen molar-refractivity contribution in [3.63, 3.8) is 0 Å². The Hall–Kier alpha value is -2.02. The summed E-state index contributed by atoms with van der Waals surface area (Å²) in [4.78, 5) is 0. The molecule has 1 N–H and O–H groups in total. The summed E-state index contributed by atoms with van der Waals surface area (Å²) < 4.78 is 0. The molecule has 1 radical (unpaired) electrons. The Balaban J connectivity index is 2.55. The summed E-state index contributed by atoms with van der Waals surface area (Å²) in [6.45, 7) is 0. The zero-order chi connectivity index (χ0) is 10.3. The lowest BCUT2D eigenvalue weighted by molar-refractivity contribution is 1.51. The first-order valence-electron chi connectivity index (χ1n) is 4.98. The van der Waals surface area contributed by atoms with Crippen LogP contribution in [-0.2, 0) is 0 Å². The Morgan fingerprint density at radius 3 is 2.33 bits per heavy atom. The van der Waals surface area contributed by atoms with Gasteiger partial charge in [-0.05, 0) is 33.7 Å². The lowest BCUT2D eigenvalue weighted by Crippen LogP contribution is -1.77. The summed E-state index contributed by atoms with van der Waals surface area (Å²) in [6, 6.07) is 18.3. The molecule has 0 aliphatic heterocycles. The molecule has 0 saturated carbocycles. The van der Waals surface area contributed by atoms with Crippen molar-refractivity contribution in [1.82, 2.24) is 5.73 Å². The van der Waals surface area contributed by atoms with Crippen molar-refractivity contribution in [2.45, 2.75) is 0 Å². The predicted octanol–water partition coefficient (Wildman–Crippen LogP) is 3.91. The third kappa shape index (κ3) is 1.24. The molecule has 0 amide bonds. The van der Waals surface area contributed by atoms with Crippen molar-refractivity contribution < 1.29 is 0 Å². The van der Waals surface area contributed by atoms with Gasteiger partial charge in [0.1, 0.15) is 0 Å². The number of hydrogen-bond donors (Lipinski definition) is 0. The van der Waals surface area contributed by atoms with Crippen molar-refractivity contribution in [3.8, 4) is 0 Å². The minimum Gasteiger partial charge on any atom is -0.301 e. The Morgan fingerprint density at radius 1 is 0.667 bits per heavy atom. The molecule has 0 aromatic heterocycles. The highest BCUT2D eigenvalue weighted by atomic mass is 14.5. The van der Waals surface area contributed by atoms with E-state index < -0.39 is 0 Å². The monoisotopic (exact) mass is 192 g/mol. The smallest absolute Gasteiger partial charge is 0.0546 e. The van der Waals surface area contributed by atoms with E-state index >= 15 is 0 Å². The Bertz CT molecular complexity index is 641. The highest BCUT2D eigenvalue weighted by Crippen LogP contribution is 2.26. The topological polar surface area (TPSA) is 23.8 Å². The third-order valence-corrected chi connectivity index (χ3v) is 2.74. The van der Waals surface area contributed by atoms with Crippen molar-refractivity contribution in [1.29, 1.82) is 0 Å². The molecule has 15 heavy (non-hydrogen) atoms. The second-order valence-corrected chi connectivity index (χ2v) is 3.72. The van der Waals surface area contributed by atoms with Crippen LogP contribution in [0.15, 0.2) is 54.6 Å². The van der Waals surface area contributed by atoms with Gasteiger partial charge in [-0.25, -0.2) is 0 Å². The standard InChI is InChI=1S/C14H10N/c15-12-7-8-14-11(9-12)6-5-10-3-1-2-4-13(10)14/h1-9,15H. The lowest BCUT2D eigenvalue weighted by atomic mass is 10.0. The average Bonchev–Trinajstić information content (AvgIpc) is 2.28. The van der Waals surface area contributed by atoms with Crippen LogP contribution in [0, 0.1) is 0 Å². The van der Waals surface area contributed by atoms with Crippen molar-refractivity contribution >= 4 is 27.2 Å². The molecule has 0 aliphatic carbocycles. The van der Waals surface area contributed by atoms with Crippen molar-refractivity contribution in [3.05, 3.63) is 54.6 Å². The fourth-order valence-corrected chi connectivity index (χ4v) is 2.01. The molecule has 0 heterocycles. The molecular weight excluding hydrogens is 182 g/mol. The zero-order valence-electron chi connectivity index (χ0n) is 8.20. The van der Waals surface area contributed by atoms with Gasteiger partial charge in [-0.15, -0.1) is 0 Å². The lowest BCUT2D eigenvalue weighted by Gasteiger charge is -2.03. The quantitative estimate of drug-likeness (QED) is 0.482. The summed E-state index contributed by atoms with van der Waals surface area (Å²) >= 11 is 0. The van der Waals surface area contributed by atoms with E-state index in [1.807, 2.05) is 24.3 Å². The number of rotatable bonds is 0. The van der Waals surface area contributed by atoms with Gasteiger partial charge in [-0.3, -0.25) is 0 Å². The Morgan fingerprint density at radius 2 is 1.40 bits per heavy atom. The van der Waals surface area contributed by atoms with Gasteiger partial charge >= 0.3 is 0 Å². The van der Waals surface area contributed by atoms with Crippen LogP contribution < -0.4 is 5.73 Å². The maximum Gasteiger partial charge on any atom is 0.0546 e. The van der Waals surface area contributed by atoms with Crippen LogP contribution in [-0.4, -0.2) is 0 Å². The van der Waals surface area contributed by atoms with Crippen LogP contribution in [0.2, 0.25) is 0 Å². The van der Waals surface area contributed by atoms with Gasteiger partial charge in [-0.1, -0.05) is 42.5 Å². The maximum absolute atomic E-state index is 7.59. The molecule has 71 valence electrons. The molecule has 1 heteroatoms. The second kappa shape index (κ2) is 2.99. The molecule has 0 fully saturated rings. The van der Waals surface area contributed by atoms with E-state index in [2.05, 4.69) is 30.3 Å². The summed E-state index contributed by atoms with van der Waals surface area (Å²) in [5, 5.41) is 4.88. The molecule has 3 aromatic carbocycles. The number of hydrogen-bond acceptors (Lipinski definition) is 0. The van der Waals surface area contributed by atoms with Crippen molar-refractivity contribution in [2.24, 2.45) is 0 Å². The van der Waals surface area contributed by atoms with E-state index in [1.54, 1.807) is 0 Å². The average molecular weight is 192 g/mol. The van der Waals surface area contributed by atoms with E-state index in [0.29, 0.717) is 5.69 Å². The fraction of sp³-hybridized carbons (Fsp3) is 0. The minimum atomic E-state index is 0.567. The molecule has 3 rings (SSSR count). The molecule has 0 bridgehead atoms. The van der Waals surface area contributed by atoms with Crippen LogP contribution >= 0.6 is 0 Å². The van der Waals surface area contributed by atoms with Gasteiger partial charge in [0.15, 0.2) is 0 Å². The van der Waals surface area contributed by atoms with Crippen molar-refractivity contribution in [2.75, 3.05) is 0 Å². The molecule has 0 aliphatic rings. The molecule has 1 nitrogen and oxygen atoms in total. The SMILES string of the molecule is [NH]c1ccc2c(ccc3ccccc32)c1. The normalized spacial score (nSPS) is 10.9. The van der Waals surface area contributed by atoms with Gasteiger partial charge in [0, 0.05) is 0 Å². The van der Waals surface area contributed by atoms with Crippen LogP contribution in [0.3, 0.4) is 0 Å². The van der Waals surface area contributed by atoms with Gasteiger partial charge in [0.05, 0.1) is 5.69 Å². The molecular formula is C14H10N. The Kier molecular flexibility index (Phi) is 1.65. The predicted molar refractivity (Wildman–Crippen MR) is 64.2 cm³/mol. The van der Waals surface area contributed by atoms with Crippen LogP contribution in [0.4, 0.5) is 5.69 Å². The van der Waals surface area contributed by atoms with Gasteiger partial charge in [0.25, 0.3) is 0 Å². The molecule has 0 unspecified atom stereocenters. The number of nitrogens with one attached hydrogen (secondary N) is 1. The molecule has 3 aromatic rings. The molecule has 0 saturated heterocycles. The summed E-state index contributed by atoms with van der Waals surface area (Å²) in [6.07, 6.45) is 0. The number of benzene rings is 3. The minimum absolute atomic E-state index is 0.567. The Labute approximate surface area is 88.1 Å². The van der Waals surface area contributed by atoms with Crippen LogP contribution in [0.25, 0.3) is 21.5 Å². The van der Waals surface area contributed by atoms with E-state index in [0.717, 1.165) is 5.39 Å². The van der Waals surface area contributed by atoms with Gasteiger partial charge in [0.2, 0.25) is 0 Å². The first kappa shape index (κ1) is 8.30. The highest BCUT2D eigenvalue weighted by molar-refractivity contribution is 6.07. The second-order valence-electron chi connectivity index (χ2n) is 3.72. The van der Waals surface area contributed by atoms with Gasteiger partial charge in [-0.2, -0.15) is 0 Å². The maximum atomic E-state index is 7.59. The van der Waals surface area contributed by atoms with Crippen LogP contribution in [0.5, 0.6) is 0 Å². The fourth-order valence-electron chi connectivity index (χ4n) is 2.01. The molecule has 0 atom stereocenters. The van der Waals surface area contributed by atoms with E-state index in [4.69, 9.17) is 5.73 Å². The van der Waals surface area contributed by atoms with E-state index in [-0.39, 0.29) is 0 Å². The van der Waals surface area contributed by atoms with E-state index in [1.165, 1.54) is 16.2 Å². The first-order valence-corrected chi connectivity index (χ1v) is 4.98. The summed E-state index contributed by atoms with van der Waals surface area (Å²) in [7, 11) is 0. The third-order valence-electron chi connectivity index (χ3n) is 2.74. The highest BCUT2D eigenvalue weighted by Gasteiger charge is 1.99. The first-order chi connectivity index (χ1) is 7.34. The van der Waals surface area contributed by atoms with E-state index in [9.17, 15) is 0 Å². The molecule has 0 spiro atoms. The van der Waals surface area contributed by atoms with Gasteiger partial charge < -0.3 is 5.73 Å². The van der Waals surface area contributed by atoms with Crippen LogP contribution in [0.1, 0.15) is 0 Å². The largest absolute Gasteiger partial charge is 0.301 e. The summed E-state index contributed by atoms with van der Waals surface area (Å²) in [5.74, 6) is 0.